The number of hydrogen-bond acceptors (Lipinski definition) is 8. The van der Waals surface area contributed by atoms with Crippen molar-refractivity contribution >= 4 is 34.8 Å². The first kappa shape index (κ1) is 32.9. The topological polar surface area (TPSA) is 115 Å². The Morgan fingerprint density at radius 3 is 2.54 bits per heavy atom. The maximum absolute atomic E-state index is 13.1. The molecule has 10 nitrogen and oxygen atoms in total. The van der Waals surface area contributed by atoms with E-state index in [2.05, 4.69) is 48.9 Å². The molecule has 4 N–H and O–H groups in total. The number of aliphatic imine (C=N–C) groups is 1. The van der Waals surface area contributed by atoms with Crippen LogP contribution in [0, 0.1) is 12.8 Å². The van der Waals surface area contributed by atoms with Crippen LogP contribution >= 0.6 is 0 Å². The summed E-state index contributed by atoms with van der Waals surface area (Å²) >= 11 is 0. The van der Waals surface area contributed by atoms with Gasteiger partial charge in [-0.25, -0.2) is 15.0 Å². The molecule has 2 fully saturated rings. The van der Waals surface area contributed by atoms with E-state index in [9.17, 15) is 18.0 Å². The van der Waals surface area contributed by atoms with Gasteiger partial charge in [0.05, 0.1) is 23.1 Å². The quantitative estimate of drug-likeness (QED) is 0.220. The fourth-order valence-electron chi connectivity index (χ4n) is 5.71. The number of carbonyl (C=O) groups excluding carboxylic acids is 1. The number of hydrogen-bond donors (Lipinski definition) is 3. The lowest BCUT2D eigenvalue weighted by atomic mass is 9.96. The molecule has 0 unspecified atom stereocenters. The average molecular weight is 636 g/mol. The number of likely N-dealkylation sites (tertiary alicyclic amines) is 1. The van der Waals surface area contributed by atoms with Gasteiger partial charge in [0.1, 0.15) is 5.69 Å². The smallest absolute Gasteiger partial charge is 0.382 e. The maximum Gasteiger partial charge on any atom is 0.416 e. The van der Waals surface area contributed by atoms with Gasteiger partial charge in [0.2, 0.25) is 5.95 Å². The van der Waals surface area contributed by atoms with Crippen LogP contribution < -0.4 is 21.3 Å². The number of nitrogens with one attached hydrogen (secondary N) is 2. The number of carbonyl (C=O) groups is 1. The van der Waals surface area contributed by atoms with Gasteiger partial charge < -0.3 is 26.2 Å². The van der Waals surface area contributed by atoms with Gasteiger partial charge in [-0.1, -0.05) is 18.7 Å². The van der Waals surface area contributed by atoms with Gasteiger partial charge in [0, 0.05) is 44.0 Å². The van der Waals surface area contributed by atoms with Crippen molar-refractivity contribution in [2.24, 2.45) is 16.6 Å². The van der Waals surface area contributed by atoms with Crippen molar-refractivity contribution in [1.82, 2.24) is 19.8 Å². The van der Waals surface area contributed by atoms with Crippen molar-refractivity contribution in [1.29, 1.82) is 0 Å². The molecule has 0 saturated carbocycles. The van der Waals surface area contributed by atoms with Gasteiger partial charge in [-0.15, -0.1) is 0 Å². The van der Waals surface area contributed by atoms with Crippen LogP contribution in [0.25, 0.3) is 0 Å². The number of benzene rings is 2. The SMILES string of the molecule is C=CNc1cnc(N2CCN(CC3CCN(C)CC3)CC2)nc1C(N)=Nc1cc(C(=O)Nc2cccc(C(F)(F)F)c2)ccc1C. The van der Waals surface area contributed by atoms with Crippen LogP contribution in [0.1, 0.15) is 40.0 Å². The first-order chi connectivity index (χ1) is 22.0. The second-order valence-corrected chi connectivity index (χ2v) is 11.8. The zero-order valence-corrected chi connectivity index (χ0v) is 26.1. The molecular formula is C33H40F3N9O. The Bertz CT molecular complexity index is 1580. The zero-order valence-electron chi connectivity index (χ0n) is 26.1. The fourth-order valence-corrected chi connectivity index (χ4v) is 5.71. The Morgan fingerprint density at radius 1 is 1.11 bits per heavy atom. The second kappa shape index (κ2) is 14.3. The Labute approximate surface area is 267 Å². The Hall–Kier alpha value is -4.49. The van der Waals surface area contributed by atoms with Crippen molar-refractivity contribution < 1.29 is 18.0 Å². The standard InChI is InChI=1S/C33H40F3N9O/c1-4-38-28-20-39-32(45-16-14-44(15-17-45)21-23-10-12-43(3)13-11-23)42-29(28)30(37)41-27-18-24(9-8-22(27)2)31(46)40-26-7-5-6-25(19-26)33(34,35)36/h4-9,18-20,23,38H,1,10-17,21H2,2-3H3,(H2,37,41)(H,40,46). The Kier molecular flexibility index (Phi) is 10.2. The molecule has 2 aliphatic heterocycles. The maximum atomic E-state index is 13.1. The molecule has 0 spiro atoms. The van der Waals surface area contributed by atoms with Gasteiger partial charge in [0.15, 0.2) is 5.84 Å². The molecule has 0 bridgehead atoms. The molecule has 1 amide bonds. The van der Waals surface area contributed by atoms with Gasteiger partial charge >= 0.3 is 6.18 Å². The largest absolute Gasteiger partial charge is 0.416 e. The number of amidine groups is 1. The van der Waals surface area contributed by atoms with E-state index in [4.69, 9.17) is 10.7 Å². The zero-order chi connectivity index (χ0) is 32.8. The van der Waals surface area contributed by atoms with E-state index in [1.807, 2.05) is 6.92 Å². The van der Waals surface area contributed by atoms with E-state index in [-0.39, 0.29) is 17.1 Å². The third kappa shape index (κ3) is 8.20. The normalized spacial score (nSPS) is 17.2. The first-order valence-electron chi connectivity index (χ1n) is 15.3. The van der Waals surface area contributed by atoms with Crippen LogP contribution in [-0.2, 0) is 6.18 Å². The van der Waals surface area contributed by atoms with E-state index in [1.54, 1.807) is 18.3 Å². The summed E-state index contributed by atoms with van der Waals surface area (Å²) < 4.78 is 39.4. The number of amides is 1. The van der Waals surface area contributed by atoms with E-state index in [0.717, 1.165) is 69.4 Å². The van der Waals surface area contributed by atoms with Crippen LogP contribution in [0.4, 0.5) is 36.2 Å². The number of aromatic nitrogens is 2. The monoisotopic (exact) mass is 635 g/mol. The third-order valence-electron chi connectivity index (χ3n) is 8.45. The highest BCUT2D eigenvalue weighted by atomic mass is 19.4. The molecule has 13 heteroatoms. The molecule has 0 atom stereocenters. The summed E-state index contributed by atoms with van der Waals surface area (Å²) in [5.74, 6) is 0.808. The molecule has 3 heterocycles. The number of nitrogens with two attached hydrogens (primary N) is 1. The highest BCUT2D eigenvalue weighted by Gasteiger charge is 2.30. The van der Waals surface area contributed by atoms with Crippen LogP contribution in [0.2, 0.25) is 0 Å². The number of anilines is 3. The lowest BCUT2D eigenvalue weighted by molar-refractivity contribution is -0.137. The molecule has 0 radical (unpaired) electrons. The summed E-state index contributed by atoms with van der Waals surface area (Å²) in [4.78, 5) is 34.0. The van der Waals surface area contributed by atoms with Gasteiger partial charge in [0.25, 0.3) is 5.91 Å². The molecule has 2 aromatic carbocycles. The molecule has 46 heavy (non-hydrogen) atoms. The fraction of sp³-hybridized carbons (Fsp3) is 0.394. The van der Waals surface area contributed by atoms with E-state index >= 15 is 0 Å². The number of nitrogens with zero attached hydrogens (tertiary/aromatic N) is 6. The summed E-state index contributed by atoms with van der Waals surface area (Å²) in [7, 11) is 2.18. The molecule has 1 aromatic heterocycles. The first-order valence-corrected chi connectivity index (χ1v) is 15.3. The van der Waals surface area contributed by atoms with Gasteiger partial charge in [-0.3, -0.25) is 9.69 Å². The van der Waals surface area contributed by atoms with E-state index in [0.29, 0.717) is 23.0 Å². The average Bonchev–Trinajstić information content (AvgIpc) is 3.03. The molecule has 5 rings (SSSR count). The minimum Gasteiger partial charge on any atom is -0.382 e. The summed E-state index contributed by atoms with van der Waals surface area (Å²) in [5.41, 5.74) is 7.97. The van der Waals surface area contributed by atoms with Gasteiger partial charge in [-0.2, -0.15) is 13.2 Å². The highest BCUT2D eigenvalue weighted by Crippen LogP contribution is 2.31. The number of aryl methyl sites for hydroxylation is 1. The molecule has 244 valence electrons. The lowest BCUT2D eigenvalue weighted by Gasteiger charge is -2.38. The van der Waals surface area contributed by atoms with Crippen molar-refractivity contribution in [2.45, 2.75) is 25.9 Å². The van der Waals surface area contributed by atoms with Crippen molar-refractivity contribution in [3.8, 4) is 0 Å². The number of rotatable bonds is 9. The highest BCUT2D eigenvalue weighted by molar-refractivity contribution is 6.06. The molecule has 2 saturated heterocycles. The number of piperidine rings is 1. The molecule has 2 aliphatic rings. The van der Waals surface area contributed by atoms with Gasteiger partial charge in [-0.05, 0) is 87.9 Å². The van der Waals surface area contributed by atoms with Crippen molar-refractivity contribution in [3.05, 3.63) is 83.8 Å². The number of piperazine rings is 1. The molecular weight excluding hydrogens is 595 g/mol. The molecule has 3 aromatic rings. The summed E-state index contributed by atoms with van der Waals surface area (Å²) in [6.45, 7) is 12.4. The van der Waals surface area contributed by atoms with Crippen LogP contribution in [0.15, 0.2) is 66.4 Å². The minimum absolute atomic E-state index is 0.0290. The summed E-state index contributed by atoms with van der Waals surface area (Å²) in [5, 5.41) is 5.55. The summed E-state index contributed by atoms with van der Waals surface area (Å²) in [6.07, 6.45) is 1.11. The minimum atomic E-state index is -4.52. The van der Waals surface area contributed by atoms with Crippen molar-refractivity contribution in [3.63, 3.8) is 0 Å². The van der Waals surface area contributed by atoms with E-state index in [1.165, 1.54) is 37.2 Å². The van der Waals surface area contributed by atoms with E-state index < -0.39 is 17.6 Å². The Balaban J connectivity index is 1.31. The van der Waals surface area contributed by atoms with Crippen LogP contribution in [0.5, 0.6) is 0 Å². The molecule has 0 aliphatic carbocycles. The number of halogens is 3. The lowest BCUT2D eigenvalue weighted by Crippen LogP contribution is -2.49. The van der Waals surface area contributed by atoms with Crippen LogP contribution in [0.3, 0.4) is 0 Å². The number of alkyl halides is 3. The van der Waals surface area contributed by atoms with Crippen molar-refractivity contribution in [2.75, 3.05) is 68.4 Å². The predicted octanol–water partition coefficient (Wildman–Crippen LogP) is 5.11. The third-order valence-corrected chi connectivity index (χ3v) is 8.45. The predicted molar refractivity (Wildman–Crippen MR) is 176 cm³/mol. The Morgan fingerprint density at radius 2 is 1.85 bits per heavy atom. The van der Waals surface area contributed by atoms with Crippen LogP contribution in [-0.4, -0.2) is 84.4 Å². The summed E-state index contributed by atoms with van der Waals surface area (Å²) in [6, 6.07) is 9.29. The second-order valence-electron chi connectivity index (χ2n) is 11.8.